The summed E-state index contributed by atoms with van der Waals surface area (Å²) in [7, 11) is 1.46. The highest BCUT2D eigenvalue weighted by Crippen LogP contribution is 2.28. The molecule has 0 heterocycles. The maximum absolute atomic E-state index is 13.6. The minimum Gasteiger partial charge on any atom is -0.493 e. The molecule has 21 heavy (non-hydrogen) atoms. The number of halogens is 1. The summed E-state index contributed by atoms with van der Waals surface area (Å²) >= 11 is 0. The fourth-order valence-electron chi connectivity index (χ4n) is 1.77. The minimum atomic E-state index is -0.443. The van der Waals surface area contributed by atoms with Gasteiger partial charge < -0.3 is 9.47 Å². The topological polar surface area (TPSA) is 66.0 Å². The lowest BCUT2D eigenvalue weighted by molar-refractivity contribution is 0.279. The van der Waals surface area contributed by atoms with E-state index in [2.05, 4.69) is 0 Å². The number of ether oxygens (including phenoxy) is 2. The molecule has 0 N–H and O–H groups in total. The normalized spacial score (nSPS) is 9.52. The zero-order chi connectivity index (χ0) is 15.2. The first kappa shape index (κ1) is 14.4. The van der Waals surface area contributed by atoms with E-state index in [-0.39, 0.29) is 12.2 Å². The van der Waals surface area contributed by atoms with Crippen LogP contribution < -0.4 is 9.47 Å². The standard InChI is InChI=1S/C16H11FN2O2/c1-20-16-7-12(9-19)3-5-15(16)21-10-13-6-11(8-18)2-4-14(13)17/h2-7H,10H2,1H3. The van der Waals surface area contributed by atoms with E-state index in [0.29, 0.717) is 22.6 Å². The van der Waals surface area contributed by atoms with Crippen LogP contribution in [0.5, 0.6) is 11.5 Å². The average Bonchev–Trinajstić information content (AvgIpc) is 2.54. The number of methoxy groups -OCH3 is 1. The Morgan fingerprint density at radius 1 is 1.00 bits per heavy atom. The van der Waals surface area contributed by atoms with E-state index in [1.54, 1.807) is 12.1 Å². The van der Waals surface area contributed by atoms with Crippen molar-refractivity contribution < 1.29 is 13.9 Å². The highest BCUT2D eigenvalue weighted by molar-refractivity contribution is 5.46. The van der Waals surface area contributed by atoms with E-state index in [1.807, 2.05) is 12.1 Å². The van der Waals surface area contributed by atoms with Crippen molar-refractivity contribution in [1.82, 2.24) is 0 Å². The molecule has 0 unspecified atom stereocenters. The Hall–Kier alpha value is -3.05. The number of hydrogen-bond acceptors (Lipinski definition) is 4. The molecular weight excluding hydrogens is 271 g/mol. The summed E-state index contributed by atoms with van der Waals surface area (Å²) in [4.78, 5) is 0. The summed E-state index contributed by atoms with van der Waals surface area (Å²) in [6.07, 6.45) is 0. The third kappa shape index (κ3) is 3.29. The van der Waals surface area contributed by atoms with Crippen LogP contribution in [-0.4, -0.2) is 7.11 Å². The van der Waals surface area contributed by atoms with Crippen LogP contribution >= 0.6 is 0 Å². The number of hydrogen-bond donors (Lipinski definition) is 0. The predicted molar refractivity (Wildman–Crippen MR) is 73.2 cm³/mol. The summed E-state index contributed by atoms with van der Waals surface area (Å²) in [5.41, 5.74) is 1.08. The van der Waals surface area contributed by atoms with E-state index in [0.717, 1.165) is 0 Å². The lowest BCUT2D eigenvalue weighted by Gasteiger charge is -2.11. The van der Waals surface area contributed by atoms with Gasteiger partial charge >= 0.3 is 0 Å². The second-order valence-electron chi connectivity index (χ2n) is 4.18. The molecule has 4 nitrogen and oxygen atoms in total. The van der Waals surface area contributed by atoms with E-state index >= 15 is 0 Å². The fraction of sp³-hybridized carbons (Fsp3) is 0.125. The van der Waals surface area contributed by atoms with Crippen molar-refractivity contribution >= 4 is 0 Å². The van der Waals surface area contributed by atoms with Gasteiger partial charge in [-0.05, 0) is 30.3 Å². The van der Waals surface area contributed by atoms with Gasteiger partial charge in [-0.2, -0.15) is 10.5 Å². The highest BCUT2D eigenvalue weighted by atomic mass is 19.1. The van der Waals surface area contributed by atoms with Gasteiger partial charge in [-0.25, -0.2) is 4.39 Å². The predicted octanol–water partition coefficient (Wildman–Crippen LogP) is 3.16. The molecule has 0 aliphatic rings. The van der Waals surface area contributed by atoms with E-state index in [1.165, 1.54) is 31.4 Å². The molecule has 0 aliphatic carbocycles. The molecule has 0 atom stereocenters. The van der Waals surface area contributed by atoms with Crippen LogP contribution in [0.3, 0.4) is 0 Å². The third-order valence-electron chi connectivity index (χ3n) is 2.85. The van der Waals surface area contributed by atoms with Gasteiger partial charge in [0, 0.05) is 11.6 Å². The molecule has 0 aromatic heterocycles. The molecule has 104 valence electrons. The summed E-state index contributed by atoms with van der Waals surface area (Å²) in [5, 5.41) is 17.6. The number of rotatable bonds is 4. The fourth-order valence-corrected chi connectivity index (χ4v) is 1.77. The van der Waals surface area contributed by atoms with Crippen molar-refractivity contribution in [3.63, 3.8) is 0 Å². The Morgan fingerprint density at radius 2 is 1.67 bits per heavy atom. The molecule has 2 aromatic rings. The summed E-state index contributed by atoms with van der Waals surface area (Å²) < 4.78 is 24.3. The molecule has 5 heteroatoms. The van der Waals surface area contributed by atoms with Gasteiger partial charge in [-0.1, -0.05) is 0 Å². The van der Waals surface area contributed by atoms with Gasteiger partial charge in [-0.15, -0.1) is 0 Å². The summed E-state index contributed by atoms with van der Waals surface area (Å²) in [6.45, 7) is -0.0381. The minimum absolute atomic E-state index is 0.0381. The Kier molecular flexibility index (Phi) is 4.38. The van der Waals surface area contributed by atoms with Gasteiger partial charge in [0.15, 0.2) is 11.5 Å². The molecule has 0 spiro atoms. The molecule has 0 saturated heterocycles. The van der Waals surface area contributed by atoms with Crippen molar-refractivity contribution in [1.29, 1.82) is 10.5 Å². The monoisotopic (exact) mass is 282 g/mol. The van der Waals surface area contributed by atoms with Crippen molar-refractivity contribution in [2.24, 2.45) is 0 Å². The van der Waals surface area contributed by atoms with Gasteiger partial charge in [0.2, 0.25) is 0 Å². The summed E-state index contributed by atoms with van der Waals surface area (Å²) in [6, 6.07) is 12.7. The second kappa shape index (κ2) is 6.40. The molecule has 0 amide bonds. The SMILES string of the molecule is COc1cc(C#N)ccc1OCc1cc(C#N)ccc1F. The van der Waals surface area contributed by atoms with Crippen LogP contribution in [-0.2, 0) is 6.61 Å². The van der Waals surface area contributed by atoms with E-state index < -0.39 is 5.82 Å². The molecule has 2 aromatic carbocycles. The summed E-state index contributed by atoms with van der Waals surface area (Å²) in [5.74, 6) is 0.353. The van der Waals surface area contributed by atoms with E-state index in [4.69, 9.17) is 20.0 Å². The Morgan fingerprint density at radius 3 is 2.33 bits per heavy atom. The Labute approximate surface area is 121 Å². The molecule has 2 rings (SSSR count). The zero-order valence-electron chi connectivity index (χ0n) is 11.3. The van der Waals surface area contributed by atoms with Crippen LogP contribution in [0.1, 0.15) is 16.7 Å². The van der Waals surface area contributed by atoms with E-state index in [9.17, 15) is 4.39 Å². The van der Waals surface area contributed by atoms with Gasteiger partial charge in [0.1, 0.15) is 12.4 Å². The molecular formula is C16H11FN2O2. The molecule has 0 bridgehead atoms. The van der Waals surface area contributed by atoms with Crippen LogP contribution in [0.15, 0.2) is 36.4 Å². The maximum atomic E-state index is 13.6. The highest BCUT2D eigenvalue weighted by Gasteiger charge is 2.09. The van der Waals surface area contributed by atoms with Crippen molar-refractivity contribution in [3.05, 3.63) is 58.9 Å². The van der Waals surface area contributed by atoms with Gasteiger partial charge in [-0.3, -0.25) is 0 Å². The first-order valence-corrected chi connectivity index (χ1v) is 6.07. The largest absolute Gasteiger partial charge is 0.493 e. The Bertz CT molecular complexity index is 745. The molecule has 0 radical (unpaired) electrons. The number of nitrogens with zero attached hydrogens (tertiary/aromatic N) is 2. The van der Waals surface area contributed by atoms with Gasteiger partial charge in [0.25, 0.3) is 0 Å². The third-order valence-corrected chi connectivity index (χ3v) is 2.85. The average molecular weight is 282 g/mol. The lowest BCUT2D eigenvalue weighted by Crippen LogP contribution is -2.01. The quantitative estimate of drug-likeness (QED) is 0.864. The molecule has 0 fully saturated rings. The second-order valence-corrected chi connectivity index (χ2v) is 4.18. The Balaban J connectivity index is 2.21. The number of benzene rings is 2. The van der Waals surface area contributed by atoms with Crippen LogP contribution in [0.2, 0.25) is 0 Å². The first-order chi connectivity index (χ1) is 10.2. The zero-order valence-corrected chi connectivity index (χ0v) is 11.3. The maximum Gasteiger partial charge on any atom is 0.162 e. The van der Waals surface area contributed by atoms with Gasteiger partial charge in [0.05, 0.1) is 30.4 Å². The van der Waals surface area contributed by atoms with Crippen molar-refractivity contribution in [2.75, 3.05) is 7.11 Å². The smallest absolute Gasteiger partial charge is 0.162 e. The molecule has 0 aliphatic heterocycles. The van der Waals surface area contributed by atoms with Crippen LogP contribution in [0, 0.1) is 28.5 Å². The van der Waals surface area contributed by atoms with Crippen LogP contribution in [0.4, 0.5) is 4.39 Å². The van der Waals surface area contributed by atoms with Crippen molar-refractivity contribution in [2.45, 2.75) is 6.61 Å². The molecule has 0 saturated carbocycles. The lowest BCUT2D eigenvalue weighted by atomic mass is 10.1. The van der Waals surface area contributed by atoms with Crippen molar-refractivity contribution in [3.8, 4) is 23.6 Å². The number of nitriles is 2. The van der Waals surface area contributed by atoms with Crippen LogP contribution in [0.25, 0.3) is 0 Å². The first-order valence-electron chi connectivity index (χ1n) is 6.07.